The largest absolute Gasteiger partial charge is 0.494 e. The van der Waals surface area contributed by atoms with Crippen molar-refractivity contribution < 1.29 is 18.7 Å². The average Bonchev–Trinajstić information content (AvgIpc) is 3.01. The number of hydrogen-bond acceptors (Lipinski definition) is 4. The van der Waals surface area contributed by atoms with Crippen molar-refractivity contribution in [1.82, 2.24) is 0 Å². The average molecular weight is 451 g/mol. The molecule has 162 valence electrons. The highest BCUT2D eigenvalue weighted by Gasteiger charge is 2.41. The summed E-state index contributed by atoms with van der Waals surface area (Å²) in [5, 5.41) is 3.48. The summed E-state index contributed by atoms with van der Waals surface area (Å²) in [6.07, 6.45) is 0. The Morgan fingerprint density at radius 1 is 0.969 bits per heavy atom. The second-order valence-electron chi connectivity index (χ2n) is 7.22. The van der Waals surface area contributed by atoms with Crippen molar-refractivity contribution in [3.8, 4) is 5.75 Å². The summed E-state index contributed by atoms with van der Waals surface area (Å²) in [5.41, 5.74) is 2.41. The lowest BCUT2D eigenvalue weighted by Crippen LogP contribution is -2.33. The molecule has 4 rings (SSSR count). The van der Waals surface area contributed by atoms with E-state index >= 15 is 0 Å². The van der Waals surface area contributed by atoms with Gasteiger partial charge in [-0.3, -0.25) is 9.59 Å². The first kappa shape index (κ1) is 21.6. The van der Waals surface area contributed by atoms with Gasteiger partial charge in [0.05, 0.1) is 17.9 Å². The molecule has 2 amide bonds. The van der Waals surface area contributed by atoms with Crippen LogP contribution in [-0.2, 0) is 9.59 Å². The van der Waals surface area contributed by atoms with Crippen molar-refractivity contribution in [2.45, 2.75) is 13.8 Å². The molecule has 1 heterocycles. The molecule has 0 spiro atoms. The van der Waals surface area contributed by atoms with E-state index in [-0.39, 0.29) is 11.3 Å². The lowest BCUT2D eigenvalue weighted by molar-refractivity contribution is -0.120. The first-order valence-corrected chi connectivity index (χ1v) is 10.4. The van der Waals surface area contributed by atoms with E-state index in [4.69, 9.17) is 16.3 Å². The molecule has 1 aliphatic heterocycles. The van der Waals surface area contributed by atoms with Crippen molar-refractivity contribution in [3.63, 3.8) is 0 Å². The summed E-state index contributed by atoms with van der Waals surface area (Å²) in [4.78, 5) is 28.0. The molecule has 5 nitrogen and oxygen atoms in total. The van der Waals surface area contributed by atoms with Gasteiger partial charge in [0.1, 0.15) is 17.3 Å². The minimum absolute atomic E-state index is 0.102. The molecule has 3 aromatic rings. The summed E-state index contributed by atoms with van der Waals surface area (Å²) >= 11 is 6.14. The first-order chi connectivity index (χ1) is 15.4. The highest BCUT2D eigenvalue weighted by molar-refractivity contribution is 6.46. The van der Waals surface area contributed by atoms with Gasteiger partial charge in [0, 0.05) is 10.7 Å². The third-order valence-corrected chi connectivity index (χ3v) is 5.30. The third-order valence-electron chi connectivity index (χ3n) is 5.06. The molecule has 0 bridgehead atoms. The number of benzene rings is 3. The first-order valence-electron chi connectivity index (χ1n) is 10.0. The molecule has 0 radical (unpaired) electrons. The van der Waals surface area contributed by atoms with Crippen molar-refractivity contribution in [2.75, 3.05) is 16.8 Å². The summed E-state index contributed by atoms with van der Waals surface area (Å²) in [5.74, 6) is -0.778. The lowest BCUT2D eigenvalue weighted by Gasteiger charge is -2.18. The van der Waals surface area contributed by atoms with Crippen molar-refractivity contribution >= 4 is 40.4 Å². The molecule has 3 aromatic carbocycles. The van der Waals surface area contributed by atoms with Crippen LogP contribution in [0.3, 0.4) is 0 Å². The minimum Gasteiger partial charge on any atom is -0.494 e. The number of nitrogens with one attached hydrogen (secondary N) is 1. The topological polar surface area (TPSA) is 58.6 Å². The van der Waals surface area contributed by atoms with Crippen LogP contribution in [0.15, 0.2) is 72.4 Å². The second-order valence-corrected chi connectivity index (χ2v) is 7.65. The second kappa shape index (κ2) is 8.85. The normalized spacial score (nSPS) is 13.7. The Bertz CT molecular complexity index is 1220. The van der Waals surface area contributed by atoms with Crippen LogP contribution in [0.4, 0.5) is 15.8 Å². The van der Waals surface area contributed by atoms with Gasteiger partial charge in [0.25, 0.3) is 11.8 Å². The van der Waals surface area contributed by atoms with Gasteiger partial charge in [0.2, 0.25) is 0 Å². The molecule has 0 saturated carbocycles. The lowest BCUT2D eigenvalue weighted by atomic mass is 10.0. The highest BCUT2D eigenvalue weighted by atomic mass is 35.5. The molecule has 0 unspecified atom stereocenters. The van der Waals surface area contributed by atoms with E-state index in [9.17, 15) is 14.0 Å². The molecule has 0 aromatic heterocycles. The van der Waals surface area contributed by atoms with Gasteiger partial charge in [-0.25, -0.2) is 9.29 Å². The molecule has 7 heteroatoms. The predicted molar refractivity (Wildman–Crippen MR) is 123 cm³/mol. The smallest absolute Gasteiger partial charge is 0.282 e. The van der Waals surface area contributed by atoms with E-state index in [1.807, 2.05) is 6.92 Å². The van der Waals surface area contributed by atoms with E-state index in [2.05, 4.69) is 5.32 Å². The molecular formula is C25H20ClFN2O3. The summed E-state index contributed by atoms with van der Waals surface area (Å²) in [6, 6.07) is 17.5. The van der Waals surface area contributed by atoms with Gasteiger partial charge in [-0.1, -0.05) is 29.8 Å². The van der Waals surface area contributed by atoms with Gasteiger partial charge in [0.15, 0.2) is 0 Å². The molecule has 0 saturated heterocycles. The van der Waals surface area contributed by atoms with Crippen LogP contribution >= 0.6 is 11.6 Å². The molecular weight excluding hydrogens is 431 g/mol. The number of carbonyl (C=O) groups is 2. The van der Waals surface area contributed by atoms with Gasteiger partial charge in [-0.05, 0) is 73.5 Å². The molecule has 1 N–H and O–H groups in total. The fourth-order valence-corrected chi connectivity index (χ4v) is 3.68. The summed E-state index contributed by atoms with van der Waals surface area (Å²) in [7, 11) is 0. The van der Waals surface area contributed by atoms with E-state index in [1.54, 1.807) is 49.4 Å². The van der Waals surface area contributed by atoms with Crippen LogP contribution in [0, 0.1) is 12.7 Å². The van der Waals surface area contributed by atoms with Crippen LogP contribution < -0.4 is 15.0 Å². The number of aryl methyl sites for hydroxylation is 1. The zero-order valence-electron chi connectivity index (χ0n) is 17.5. The third kappa shape index (κ3) is 4.09. The Balaban J connectivity index is 1.79. The molecule has 32 heavy (non-hydrogen) atoms. The Kier molecular flexibility index (Phi) is 5.97. The number of amides is 2. The van der Waals surface area contributed by atoms with Gasteiger partial charge >= 0.3 is 0 Å². The van der Waals surface area contributed by atoms with Crippen LogP contribution in [0.25, 0.3) is 5.57 Å². The maximum Gasteiger partial charge on any atom is 0.282 e. The van der Waals surface area contributed by atoms with E-state index in [0.29, 0.717) is 34.3 Å². The van der Waals surface area contributed by atoms with Crippen LogP contribution in [0.2, 0.25) is 5.02 Å². The SMILES string of the molecule is CCOc1ccc(NC2=C(c3ccc(F)cc3)C(=O)N(c3cc(Cl)ccc3C)C2=O)cc1. The zero-order chi connectivity index (χ0) is 22.8. The number of ether oxygens (including phenoxy) is 1. The number of anilines is 2. The highest BCUT2D eigenvalue weighted by Crippen LogP contribution is 2.36. The minimum atomic E-state index is -0.520. The van der Waals surface area contributed by atoms with Crippen LogP contribution in [-0.4, -0.2) is 18.4 Å². The zero-order valence-corrected chi connectivity index (χ0v) is 18.2. The Morgan fingerprint density at radius 3 is 2.31 bits per heavy atom. The number of carbonyl (C=O) groups excluding carboxylic acids is 2. The standard InChI is InChI=1S/C25H20ClFN2O3/c1-3-32-20-12-10-19(11-13-20)28-23-22(16-5-8-18(27)9-6-16)24(30)29(25(23)31)21-14-17(26)7-4-15(21)2/h4-14,28H,3H2,1-2H3. The predicted octanol–water partition coefficient (Wildman–Crippen LogP) is 5.58. The van der Waals surface area contributed by atoms with Gasteiger partial charge < -0.3 is 10.1 Å². The van der Waals surface area contributed by atoms with E-state index in [0.717, 1.165) is 10.5 Å². The fourth-order valence-electron chi connectivity index (χ4n) is 3.52. The Morgan fingerprint density at radius 2 is 1.66 bits per heavy atom. The van der Waals surface area contributed by atoms with Gasteiger partial charge in [-0.2, -0.15) is 0 Å². The Hall–Kier alpha value is -3.64. The van der Waals surface area contributed by atoms with E-state index < -0.39 is 17.6 Å². The molecule has 1 aliphatic rings. The fraction of sp³-hybridized carbons (Fsp3) is 0.120. The van der Waals surface area contributed by atoms with E-state index in [1.165, 1.54) is 24.3 Å². The Labute approximate surface area is 190 Å². The van der Waals surface area contributed by atoms with Crippen molar-refractivity contribution in [1.29, 1.82) is 0 Å². The van der Waals surface area contributed by atoms with Gasteiger partial charge in [-0.15, -0.1) is 0 Å². The summed E-state index contributed by atoms with van der Waals surface area (Å²) in [6.45, 7) is 4.22. The number of nitrogens with zero attached hydrogens (tertiary/aromatic N) is 1. The number of imide groups is 1. The molecule has 0 fully saturated rings. The quantitative estimate of drug-likeness (QED) is 0.498. The maximum absolute atomic E-state index is 13.5. The summed E-state index contributed by atoms with van der Waals surface area (Å²) < 4.78 is 19.0. The maximum atomic E-state index is 13.5. The number of halogens is 2. The molecule has 0 atom stereocenters. The van der Waals surface area contributed by atoms with Crippen LogP contribution in [0.1, 0.15) is 18.1 Å². The number of hydrogen-bond donors (Lipinski definition) is 1. The number of rotatable bonds is 6. The monoisotopic (exact) mass is 450 g/mol. The van der Waals surface area contributed by atoms with Crippen molar-refractivity contribution in [2.24, 2.45) is 0 Å². The van der Waals surface area contributed by atoms with Crippen molar-refractivity contribution in [3.05, 3.63) is 94.4 Å². The van der Waals surface area contributed by atoms with Crippen LogP contribution in [0.5, 0.6) is 5.75 Å². The molecule has 0 aliphatic carbocycles.